The van der Waals surface area contributed by atoms with Crippen LogP contribution in [-0.4, -0.2) is 24.0 Å². The molecule has 4 heteroatoms. The fourth-order valence-electron chi connectivity index (χ4n) is 2.81. The number of amides is 1. The summed E-state index contributed by atoms with van der Waals surface area (Å²) in [5.41, 5.74) is 1.82. The summed E-state index contributed by atoms with van der Waals surface area (Å²) in [5, 5.41) is 2.91. The molecule has 0 saturated carbocycles. The highest BCUT2D eigenvalue weighted by atomic mass is 16.5. The predicted molar refractivity (Wildman–Crippen MR) is 97.5 cm³/mol. The largest absolute Gasteiger partial charge is 0.452 e. The van der Waals surface area contributed by atoms with Crippen LogP contribution in [0.5, 0.6) is 0 Å². The van der Waals surface area contributed by atoms with Crippen molar-refractivity contribution in [1.82, 2.24) is 5.32 Å². The quantitative estimate of drug-likeness (QED) is 0.636. The second-order valence-corrected chi connectivity index (χ2v) is 8.02. The fraction of sp³-hybridized carbons (Fsp3) is 0.500. The van der Waals surface area contributed by atoms with Crippen LogP contribution in [0.1, 0.15) is 52.2 Å². The first-order valence-corrected chi connectivity index (χ1v) is 8.19. The molecule has 0 spiro atoms. The van der Waals surface area contributed by atoms with E-state index in [9.17, 15) is 9.59 Å². The van der Waals surface area contributed by atoms with Crippen molar-refractivity contribution in [3.8, 4) is 0 Å². The third-order valence-electron chi connectivity index (χ3n) is 3.28. The van der Waals surface area contributed by atoms with E-state index in [0.29, 0.717) is 0 Å². The van der Waals surface area contributed by atoms with Crippen molar-refractivity contribution in [2.24, 2.45) is 5.41 Å². The van der Waals surface area contributed by atoms with Gasteiger partial charge in [0.15, 0.2) is 6.61 Å². The highest BCUT2D eigenvalue weighted by Crippen LogP contribution is 2.26. The number of rotatable bonds is 6. The summed E-state index contributed by atoms with van der Waals surface area (Å²) >= 11 is 0. The molecule has 4 nitrogen and oxygen atoms in total. The maximum absolute atomic E-state index is 11.9. The fourth-order valence-corrected chi connectivity index (χ4v) is 2.81. The zero-order chi connectivity index (χ0) is 18.4. The topological polar surface area (TPSA) is 55.4 Å². The van der Waals surface area contributed by atoms with Crippen molar-refractivity contribution in [2.75, 3.05) is 6.61 Å². The number of hydrogen-bond donors (Lipinski definition) is 1. The predicted octanol–water partition coefficient (Wildman–Crippen LogP) is 3.88. The molecule has 1 aromatic rings. The number of aryl methyl sites for hydroxylation is 1. The molecule has 0 fully saturated rings. The van der Waals surface area contributed by atoms with Gasteiger partial charge in [0.05, 0.1) is 0 Å². The molecule has 0 aliphatic heterocycles. The van der Waals surface area contributed by atoms with E-state index in [4.69, 9.17) is 4.74 Å². The second-order valence-electron chi connectivity index (χ2n) is 8.02. The number of carbonyl (C=O) groups excluding carboxylic acids is 2. The van der Waals surface area contributed by atoms with Crippen molar-refractivity contribution < 1.29 is 14.3 Å². The molecular formula is C20H29NO3. The Labute approximate surface area is 145 Å². The van der Waals surface area contributed by atoms with E-state index in [1.54, 1.807) is 6.08 Å². The number of benzene rings is 1. The maximum Gasteiger partial charge on any atom is 0.331 e. The summed E-state index contributed by atoms with van der Waals surface area (Å²) in [7, 11) is 0. The van der Waals surface area contributed by atoms with E-state index < -0.39 is 5.97 Å². The van der Waals surface area contributed by atoms with Gasteiger partial charge in [-0.3, -0.25) is 4.79 Å². The van der Waals surface area contributed by atoms with Gasteiger partial charge in [0.2, 0.25) is 0 Å². The highest BCUT2D eigenvalue weighted by molar-refractivity contribution is 5.89. The third kappa shape index (κ3) is 8.51. The molecule has 0 aliphatic carbocycles. The monoisotopic (exact) mass is 331 g/mol. The zero-order valence-electron chi connectivity index (χ0n) is 15.6. The van der Waals surface area contributed by atoms with Crippen molar-refractivity contribution >= 4 is 18.0 Å². The lowest BCUT2D eigenvalue weighted by Gasteiger charge is -2.33. The first-order chi connectivity index (χ1) is 11.0. The van der Waals surface area contributed by atoms with Gasteiger partial charge in [-0.25, -0.2) is 4.79 Å². The summed E-state index contributed by atoms with van der Waals surface area (Å²) in [6, 6.07) is 7.77. The van der Waals surface area contributed by atoms with Crippen LogP contribution in [0.4, 0.5) is 0 Å². The lowest BCUT2D eigenvalue weighted by Crippen LogP contribution is -2.47. The molecule has 0 aromatic heterocycles. The van der Waals surface area contributed by atoms with Crippen LogP contribution < -0.4 is 5.32 Å². The highest BCUT2D eigenvalue weighted by Gasteiger charge is 2.27. The Morgan fingerprint density at radius 2 is 1.67 bits per heavy atom. The van der Waals surface area contributed by atoms with E-state index >= 15 is 0 Å². The molecule has 0 heterocycles. The number of ether oxygens (including phenoxy) is 1. The van der Waals surface area contributed by atoms with E-state index in [-0.39, 0.29) is 23.5 Å². The number of esters is 1. The molecule has 1 amide bonds. The van der Waals surface area contributed by atoms with Crippen LogP contribution in [0.3, 0.4) is 0 Å². The van der Waals surface area contributed by atoms with Gasteiger partial charge in [-0.05, 0) is 44.2 Å². The summed E-state index contributed by atoms with van der Waals surface area (Å²) in [4.78, 5) is 23.6. The first kappa shape index (κ1) is 19.9. The van der Waals surface area contributed by atoms with Gasteiger partial charge in [0, 0.05) is 11.6 Å². The van der Waals surface area contributed by atoms with Gasteiger partial charge in [-0.1, -0.05) is 50.6 Å². The van der Waals surface area contributed by atoms with Crippen LogP contribution in [0.15, 0.2) is 30.3 Å². The van der Waals surface area contributed by atoms with Gasteiger partial charge in [-0.15, -0.1) is 0 Å². The minimum atomic E-state index is -0.528. The molecule has 1 aromatic carbocycles. The van der Waals surface area contributed by atoms with E-state index in [1.165, 1.54) is 6.08 Å². The summed E-state index contributed by atoms with van der Waals surface area (Å²) in [6.45, 7) is 12.0. The average Bonchev–Trinajstić information content (AvgIpc) is 2.41. The van der Waals surface area contributed by atoms with Gasteiger partial charge < -0.3 is 10.1 Å². The molecule has 0 saturated heterocycles. The number of carbonyl (C=O) groups is 2. The van der Waals surface area contributed by atoms with Crippen LogP contribution in [0.2, 0.25) is 0 Å². The van der Waals surface area contributed by atoms with Crippen molar-refractivity contribution in [3.05, 3.63) is 41.5 Å². The average molecular weight is 331 g/mol. The molecular weight excluding hydrogens is 302 g/mol. The Morgan fingerprint density at radius 3 is 2.21 bits per heavy atom. The smallest absolute Gasteiger partial charge is 0.331 e. The zero-order valence-corrected chi connectivity index (χ0v) is 15.6. The normalized spacial score (nSPS) is 12.2. The Kier molecular flexibility index (Phi) is 6.76. The molecule has 0 unspecified atom stereocenters. The minimum Gasteiger partial charge on any atom is -0.452 e. The summed E-state index contributed by atoms with van der Waals surface area (Å²) in [6.07, 6.45) is 3.83. The Balaban J connectivity index is 2.43. The van der Waals surface area contributed by atoms with Crippen LogP contribution >= 0.6 is 0 Å². The van der Waals surface area contributed by atoms with Gasteiger partial charge >= 0.3 is 5.97 Å². The molecule has 0 atom stereocenters. The summed E-state index contributed by atoms with van der Waals surface area (Å²) in [5.74, 6) is -0.819. The maximum atomic E-state index is 11.9. The van der Waals surface area contributed by atoms with Crippen molar-refractivity contribution in [2.45, 2.75) is 53.5 Å². The SMILES string of the molecule is Cc1ccc(/C=C/C(=O)OCC(=O)NC(C)(C)CC(C)(C)C)cc1. The molecule has 132 valence electrons. The lowest BCUT2D eigenvalue weighted by atomic mass is 9.82. The summed E-state index contributed by atoms with van der Waals surface area (Å²) < 4.78 is 4.99. The standard InChI is InChI=1S/C20H29NO3/c1-15-7-9-16(10-8-15)11-12-18(23)24-13-17(22)21-20(5,6)14-19(2,3)4/h7-12H,13-14H2,1-6H3,(H,21,22)/b12-11+. The minimum absolute atomic E-state index is 0.101. The lowest BCUT2D eigenvalue weighted by molar-refractivity contribution is -0.144. The van der Waals surface area contributed by atoms with Crippen molar-refractivity contribution in [3.63, 3.8) is 0 Å². The van der Waals surface area contributed by atoms with E-state index in [2.05, 4.69) is 26.1 Å². The third-order valence-corrected chi connectivity index (χ3v) is 3.28. The molecule has 0 aliphatic rings. The van der Waals surface area contributed by atoms with Crippen molar-refractivity contribution in [1.29, 1.82) is 0 Å². The molecule has 0 bridgehead atoms. The Hall–Kier alpha value is -2.10. The molecule has 24 heavy (non-hydrogen) atoms. The Bertz CT molecular complexity index is 592. The second kappa shape index (κ2) is 8.13. The Morgan fingerprint density at radius 1 is 1.08 bits per heavy atom. The van der Waals surface area contributed by atoms with E-state index in [0.717, 1.165) is 17.5 Å². The van der Waals surface area contributed by atoms with Crippen LogP contribution in [0, 0.1) is 12.3 Å². The number of hydrogen-bond acceptors (Lipinski definition) is 3. The van der Waals surface area contributed by atoms with Crippen LogP contribution in [0.25, 0.3) is 6.08 Å². The van der Waals surface area contributed by atoms with E-state index in [1.807, 2.05) is 45.0 Å². The van der Waals surface area contributed by atoms with Crippen LogP contribution in [-0.2, 0) is 14.3 Å². The first-order valence-electron chi connectivity index (χ1n) is 8.19. The molecule has 0 radical (unpaired) electrons. The van der Waals surface area contributed by atoms with Gasteiger partial charge in [-0.2, -0.15) is 0 Å². The van der Waals surface area contributed by atoms with Gasteiger partial charge in [0.1, 0.15) is 0 Å². The molecule has 1 N–H and O–H groups in total. The molecule has 1 rings (SSSR count). The van der Waals surface area contributed by atoms with Gasteiger partial charge in [0.25, 0.3) is 5.91 Å². The number of nitrogens with one attached hydrogen (secondary N) is 1.